The van der Waals surface area contributed by atoms with Gasteiger partial charge in [0.25, 0.3) is 0 Å². The normalized spacial score (nSPS) is 15.1. The molecule has 0 atom stereocenters. The highest BCUT2D eigenvalue weighted by molar-refractivity contribution is 7.14. The van der Waals surface area contributed by atoms with Gasteiger partial charge in [0, 0.05) is 26.2 Å². The number of carbonyl (C=O) groups is 1. The van der Waals surface area contributed by atoms with Gasteiger partial charge < -0.3 is 4.90 Å². The molecule has 0 saturated carbocycles. The lowest BCUT2D eigenvalue weighted by Crippen LogP contribution is -2.51. The van der Waals surface area contributed by atoms with Gasteiger partial charge in [0.05, 0.1) is 11.0 Å². The Morgan fingerprint density at radius 1 is 0.815 bits per heavy atom. The van der Waals surface area contributed by atoms with Crippen molar-refractivity contribution in [3.8, 4) is 0 Å². The third kappa shape index (κ3) is 4.21. The van der Waals surface area contributed by atoms with Crippen molar-refractivity contribution < 1.29 is 4.79 Å². The number of piperazine rings is 1. The summed E-state index contributed by atoms with van der Waals surface area (Å²) in [6.07, 6.45) is 0. The van der Waals surface area contributed by atoms with E-state index in [1.54, 1.807) is 11.3 Å². The van der Waals surface area contributed by atoms with Crippen LogP contribution in [-0.2, 0) is 0 Å². The fourth-order valence-corrected chi connectivity index (χ4v) is 4.21. The Kier molecular flexibility index (Phi) is 5.51. The van der Waals surface area contributed by atoms with Crippen molar-refractivity contribution in [2.75, 3.05) is 31.5 Å². The Morgan fingerprint density at radius 3 is 1.93 bits per heavy atom. The second-order valence-corrected chi connectivity index (χ2v) is 7.60. The molecular formula is C22H23N3OS. The van der Waals surface area contributed by atoms with Crippen molar-refractivity contribution in [3.05, 3.63) is 89.3 Å². The van der Waals surface area contributed by atoms with Gasteiger partial charge in [-0.15, -0.1) is 11.3 Å². The van der Waals surface area contributed by atoms with Crippen molar-refractivity contribution >= 4 is 22.4 Å². The molecule has 1 aliphatic heterocycles. The van der Waals surface area contributed by atoms with Crippen LogP contribution in [0.3, 0.4) is 0 Å². The first-order chi connectivity index (χ1) is 13.3. The molecule has 1 saturated heterocycles. The molecule has 1 aliphatic rings. The minimum Gasteiger partial charge on any atom is -0.322 e. The van der Waals surface area contributed by atoms with E-state index in [4.69, 9.17) is 0 Å². The average molecular weight is 378 g/mol. The topological polar surface area (TPSA) is 35.6 Å². The number of carbonyl (C=O) groups excluding carboxylic acids is 1. The number of hydrogen-bond donors (Lipinski definition) is 1. The quantitative estimate of drug-likeness (QED) is 0.716. The van der Waals surface area contributed by atoms with E-state index >= 15 is 0 Å². The van der Waals surface area contributed by atoms with Gasteiger partial charge >= 0.3 is 6.03 Å². The number of benzene rings is 2. The van der Waals surface area contributed by atoms with Crippen molar-refractivity contribution in [2.45, 2.75) is 6.04 Å². The summed E-state index contributed by atoms with van der Waals surface area (Å²) < 4.78 is 0. The van der Waals surface area contributed by atoms with Gasteiger partial charge in [-0.3, -0.25) is 10.2 Å². The first kappa shape index (κ1) is 17.8. The lowest BCUT2D eigenvalue weighted by molar-refractivity contribution is 0.126. The highest BCUT2D eigenvalue weighted by Crippen LogP contribution is 2.29. The van der Waals surface area contributed by atoms with Crippen LogP contribution in [-0.4, -0.2) is 42.0 Å². The first-order valence-electron chi connectivity index (χ1n) is 9.24. The van der Waals surface area contributed by atoms with Gasteiger partial charge in [-0.1, -0.05) is 60.7 Å². The molecule has 1 N–H and O–H groups in total. The van der Waals surface area contributed by atoms with Gasteiger partial charge in [0.2, 0.25) is 0 Å². The molecule has 2 amide bonds. The number of amides is 2. The van der Waals surface area contributed by atoms with E-state index in [0.717, 1.165) is 31.2 Å². The highest BCUT2D eigenvalue weighted by Gasteiger charge is 2.28. The van der Waals surface area contributed by atoms with Crippen LogP contribution in [0.5, 0.6) is 0 Å². The van der Waals surface area contributed by atoms with Crippen LogP contribution in [0, 0.1) is 0 Å². The summed E-state index contributed by atoms with van der Waals surface area (Å²) >= 11 is 1.55. The van der Waals surface area contributed by atoms with Gasteiger partial charge in [0.1, 0.15) is 0 Å². The summed E-state index contributed by atoms with van der Waals surface area (Å²) in [5.74, 6) is 0. The standard InChI is InChI=1S/C22H23N3OS/c26-22(23-20-12-7-17-27-20)25-15-13-24(14-16-25)21(18-8-3-1-4-9-18)19-10-5-2-6-11-19/h1-12,17,21H,13-16H2,(H,23,26). The summed E-state index contributed by atoms with van der Waals surface area (Å²) in [4.78, 5) is 16.9. The largest absolute Gasteiger partial charge is 0.322 e. The molecule has 2 heterocycles. The van der Waals surface area contributed by atoms with Crippen molar-refractivity contribution in [1.29, 1.82) is 0 Å². The molecule has 0 aliphatic carbocycles. The lowest BCUT2D eigenvalue weighted by Gasteiger charge is -2.39. The summed E-state index contributed by atoms with van der Waals surface area (Å²) in [5, 5.41) is 5.85. The molecule has 0 radical (unpaired) electrons. The molecule has 138 valence electrons. The average Bonchev–Trinajstić information content (AvgIpc) is 3.23. The number of anilines is 1. The maximum atomic E-state index is 12.5. The van der Waals surface area contributed by atoms with E-state index in [0.29, 0.717) is 0 Å². The minimum absolute atomic E-state index is 0.00641. The molecular weight excluding hydrogens is 354 g/mol. The van der Waals surface area contributed by atoms with Crippen LogP contribution in [0.15, 0.2) is 78.2 Å². The maximum Gasteiger partial charge on any atom is 0.322 e. The van der Waals surface area contributed by atoms with Crippen LogP contribution < -0.4 is 5.32 Å². The van der Waals surface area contributed by atoms with Crippen LogP contribution in [0.1, 0.15) is 17.2 Å². The minimum atomic E-state index is -0.00641. The van der Waals surface area contributed by atoms with E-state index in [1.165, 1.54) is 11.1 Å². The summed E-state index contributed by atoms with van der Waals surface area (Å²) in [6, 6.07) is 25.3. The molecule has 0 spiro atoms. The zero-order valence-corrected chi connectivity index (χ0v) is 15.9. The van der Waals surface area contributed by atoms with Gasteiger partial charge in [-0.05, 0) is 28.6 Å². The molecule has 27 heavy (non-hydrogen) atoms. The maximum absolute atomic E-state index is 12.5. The van der Waals surface area contributed by atoms with E-state index < -0.39 is 0 Å². The van der Waals surface area contributed by atoms with Crippen molar-refractivity contribution in [1.82, 2.24) is 9.80 Å². The second-order valence-electron chi connectivity index (χ2n) is 6.65. The number of thiophene rings is 1. The smallest absolute Gasteiger partial charge is 0.322 e. The number of rotatable bonds is 4. The number of nitrogens with one attached hydrogen (secondary N) is 1. The SMILES string of the molecule is O=C(Nc1cccs1)N1CCN(C(c2ccccc2)c2ccccc2)CC1. The Labute approximate surface area is 164 Å². The molecule has 0 bridgehead atoms. The molecule has 4 nitrogen and oxygen atoms in total. The van der Waals surface area contributed by atoms with Crippen LogP contribution in [0.2, 0.25) is 0 Å². The Hall–Kier alpha value is -2.63. The van der Waals surface area contributed by atoms with Crippen LogP contribution in [0.25, 0.3) is 0 Å². The molecule has 0 unspecified atom stereocenters. The number of nitrogens with zero attached hydrogens (tertiary/aromatic N) is 2. The zero-order chi connectivity index (χ0) is 18.5. The van der Waals surface area contributed by atoms with Crippen LogP contribution >= 0.6 is 11.3 Å². The molecule has 3 aromatic rings. The molecule has 4 rings (SSSR count). The van der Waals surface area contributed by atoms with Crippen molar-refractivity contribution in [3.63, 3.8) is 0 Å². The fourth-order valence-electron chi connectivity index (χ4n) is 3.60. The summed E-state index contributed by atoms with van der Waals surface area (Å²) in [7, 11) is 0. The summed E-state index contributed by atoms with van der Waals surface area (Å²) in [6.45, 7) is 3.17. The molecule has 5 heteroatoms. The highest BCUT2D eigenvalue weighted by atomic mass is 32.1. The molecule has 2 aromatic carbocycles. The number of hydrogen-bond acceptors (Lipinski definition) is 3. The monoisotopic (exact) mass is 377 g/mol. The second kappa shape index (κ2) is 8.37. The van der Waals surface area contributed by atoms with E-state index in [1.807, 2.05) is 22.4 Å². The number of urea groups is 1. The van der Waals surface area contributed by atoms with Gasteiger partial charge in [-0.25, -0.2) is 4.79 Å². The first-order valence-corrected chi connectivity index (χ1v) is 10.1. The van der Waals surface area contributed by atoms with Crippen molar-refractivity contribution in [2.24, 2.45) is 0 Å². The Morgan fingerprint density at radius 2 is 1.41 bits per heavy atom. The predicted molar refractivity (Wildman–Crippen MR) is 111 cm³/mol. The third-order valence-corrected chi connectivity index (χ3v) is 5.73. The molecule has 1 fully saturated rings. The van der Waals surface area contributed by atoms with E-state index in [-0.39, 0.29) is 12.1 Å². The van der Waals surface area contributed by atoms with E-state index in [9.17, 15) is 4.79 Å². The van der Waals surface area contributed by atoms with Crippen LogP contribution in [0.4, 0.5) is 9.80 Å². The zero-order valence-electron chi connectivity index (χ0n) is 15.1. The Bertz CT molecular complexity index is 804. The lowest BCUT2D eigenvalue weighted by atomic mass is 9.96. The third-order valence-electron chi connectivity index (χ3n) is 4.95. The fraction of sp³-hybridized carbons (Fsp3) is 0.227. The van der Waals surface area contributed by atoms with E-state index in [2.05, 4.69) is 70.9 Å². The Balaban J connectivity index is 1.46. The van der Waals surface area contributed by atoms with Gasteiger partial charge in [-0.2, -0.15) is 0 Å². The van der Waals surface area contributed by atoms with Gasteiger partial charge in [0.15, 0.2) is 0 Å². The molecule has 1 aromatic heterocycles. The summed E-state index contributed by atoms with van der Waals surface area (Å²) in [5.41, 5.74) is 2.58. The predicted octanol–water partition coefficient (Wildman–Crippen LogP) is 4.69.